The molecule has 31 heavy (non-hydrogen) atoms. The molecule has 0 aromatic heterocycles. The summed E-state index contributed by atoms with van der Waals surface area (Å²) in [7, 11) is 0. The molecular formula is C31H34. The van der Waals surface area contributed by atoms with E-state index in [0.29, 0.717) is 0 Å². The summed E-state index contributed by atoms with van der Waals surface area (Å²) in [6.07, 6.45) is 4.62. The molecule has 2 aliphatic rings. The van der Waals surface area contributed by atoms with Crippen molar-refractivity contribution in [3.8, 4) is 0 Å². The van der Waals surface area contributed by atoms with Crippen molar-refractivity contribution in [3.63, 3.8) is 0 Å². The molecule has 5 rings (SSSR count). The van der Waals surface area contributed by atoms with Gasteiger partial charge in [0.2, 0.25) is 0 Å². The van der Waals surface area contributed by atoms with E-state index in [1.807, 2.05) is 13.8 Å². The topological polar surface area (TPSA) is 0 Å². The fourth-order valence-corrected chi connectivity index (χ4v) is 5.25. The van der Waals surface area contributed by atoms with Gasteiger partial charge in [-0.05, 0) is 96.5 Å². The van der Waals surface area contributed by atoms with Crippen LogP contribution in [0.5, 0.6) is 0 Å². The van der Waals surface area contributed by atoms with Crippen molar-refractivity contribution in [2.24, 2.45) is 0 Å². The summed E-state index contributed by atoms with van der Waals surface area (Å²) < 4.78 is 0. The Balaban J connectivity index is 0.00000112. The number of benzene rings is 3. The summed E-state index contributed by atoms with van der Waals surface area (Å²) in [4.78, 5) is 0. The summed E-state index contributed by atoms with van der Waals surface area (Å²) in [5.74, 6) is 0. The number of allylic oxidation sites excluding steroid dienone is 2. The Kier molecular flexibility index (Phi) is 6.28. The Morgan fingerprint density at radius 1 is 0.452 bits per heavy atom. The van der Waals surface area contributed by atoms with E-state index in [0.717, 1.165) is 25.7 Å². The zero-order chi connectivity index (χ0) is 22.0. The molecule has 0 radical (unpaired) electrons. The van der Waals surface area contributed by atoms with Crippen LogP contribution in [0.25, 0.3) is 11.1 Å². The molecule has 0 heteroatoms. The minimum atomic E-state index is 1.15. The highest BCUT2D eigenvalue weighted by Gasteiger charge is 2.23. The molecule has 0 aliphatic heterocycles. The number of rotatable bonds is 2. The summed E-state index contributed by atoms with van der Waals surface area (Å²) in [5, 5.41) is 0. The van der Waals surface area contributed by atoms with Crippen molar-refractivity contribution in [3.05, 3.63) is 117 Å². The molecule has 0 nitrogen and oxygen atoms in total. The molecule has 0 atom stereocenters. The smallest absolute Gasteiger partial charge is 0.0116 e. The van der Waals surface area contributed by atoms with E-state index in [1.54, 1.807) is 0 Å². The maximum atomic E-state index is 2.32. The Hall–Kier alpha value is -2.86. The largest absolute Gasteiger partial charge is 0.0683 e. The van der Waals surface area contributed by atoms with E-state index < -0.39 is 0 Å². The van der Waals surface area contributed by atoms with Crippen LogP contribution in [-0.2, 0) is 12.8 Å². The lowest BCUT2D eigenvalue weighted by Gasteiger charge is -2.27. The summed E-state index contributed by atoms with van der Waals surface area (Å²) in [5.41, 5.74) is 15.9. The van der Waals surface area contributed by atoms with Crippen LogP contribution in [0.4, 0.5) is 0 Å². The van der Waals surface area contributed by atoms with Crippen molar-refractivity contribution in [2.45, 2.75) is 60.3 Å². The fraction of sp³-hybridized carbons (Fsp3) is 0.290. The molecule has 3 aromatic carbocycles. The lowest BCUT2D eigenvalue weighted by Crippen LogP contribution is -2.09. The predicted molar refractivity (Wildman–Crippen MR) is 135 cm³/mol. The highest BCUT2D eigenvalue weighted by Crippen LogP contribution is 2.42. The molecular weight excluding hydrogens is 372 g/mol. The average Bonchev–Trinajstić information content (AvgIpc) is 2.81. The molecule has 0 unspecified atom stereocenters. The number of hydrogen-bond donors (Lipinski definition) is 0. The third-order valence-electron chi connectivity index (χ3n) is 6.84. The van der Waals surface area contributed by atoms with Gasteiger partial charge in [-0.3, -0.25) is 0 Å². The summed E-state index contributed by atoms with van der Waals surface area (Å²) in [6.45, 7) is 11.0. The second kappa shape index (κ2) is 9.10. The second-order valence-electron chi connectivity index (χ2n) is 8.60. The average molecular weight is 407 g/mol. The number of fused-ring (bicyclic) bond motifs is 2. The molecule has 0 heterocycles. The highest BCUT2D eigenvalue weighted by atomic mass is 14.3. The normalized spacial score (nSPS) is 15.1. The third kappa shape index (κ3) is 3.81. The van der Waals surface area contributed by atoms with Gasteiger partial charge in [0.15, 0.2) is 0 Å². The zero-order valence-corrected chi connectivity index (χ0v) is 19.7. The predicted octanol–water partition coefficient (Wildman–Crippen LogP) is 8.56. The molecule has 158 valence electrons. The maximum Gasteiger partial charge on any atom is -0.0116 e. The molecule has 3 aromatic rings. The molecule has 2 aliphatic carbocycles. The van der Waals surface area contributed by atoms with Gasteiger partial charge in [-0.15, -0.1) is 0 Å². The van der Waals surface area contributed by atoms with Crippen LogP contribution in [0.3, 0.4) is 0 Å². The van der Waals surface area contributed by atoms with Gasteiger partial charge < -0.3 is 0 Å². The first-order valence-electron chi connectivity index (χ1n) is 11.8. The Labute approximate surface area is 188 Å². The summed E-state index contributed by atoms with van der Waals surface area (Å²) >= 11 is 0. The maximum absolute atomic E-state index is 2.32. The van der Waals surface area contributed by atoms with Crippen LogP contribution in [0.2, 0.25) is 0 Å². The third-order valence-corrected chi connectivity index (χ3v) is 6.84. The minimum absolute atomic E-state index is 1.15. The van der Waals surface area contributed by atoms with Crippen LogP contribution < -0.4 is 0 Å². The van der Waals surface area contributed by atoms with Crippen molar-refractivity contribution in [1.82, 2.24) is 0 Å². The van der Waals surface area contributed by atoms with E-state index in [1.165, 1.54) is 61.2 Å². The Bertz CT molecular complexity index is 1080. The fourth-order valence-electron chi connectivity index (χ4n) is 5.25. The van der Waals surface area contributed by atoms with Crippen LogP contribution in [0, 0.1) is 6.92 Å². The molecule has 0 saturated heterocycles. The SMILES string of the molecule is CC.CC1=C(c2cccc(C3=C(C)CCc4ccccc43)c2C)c2ccccc2CC1. The molecule has 0 N–H and O–H groups in total. The first kappa shape index (κ1) is 21.4. The van der Waals surface area contributed by atoms with Crippen molar-refractivity contribution >= 4 is 11.1 Å². The van der Waals surface area contributed by atoms with Gasteiger partial charge in [-0.2, -0.15) is 0 Å². The first-order valence-corrected chi connectivity index (χ1v) is 11.8. The minimum Gasteiger partial charge on any atom is -0.0683 e. The molecule has 0 fully saturated rings. The van der Waals surface area contributed by atoms with Gasteiger partial charge in [0, 0.05) is 0 Å². The number of aryl methyl sites for hydroxylation is 2. The highest BCUT2D eigenvalue weighted by molar-refractivity contribution is 5.91. The van der Waals surface area contributed by atoms with E-state index >= 15 is 0 Å². The van der Waals surface area contributed by atoms with Crippen LogP contribution in [0.1, 0.15) is 79.5 Å². The molecule has 0 saturated carbocycles. The van der Waals surface area contributed by atoms with Crippen molar-refractivity contribution in [2.75, 3.05) is 0 Å². The van der Waals surface area contributed by atoms with Gasteiger partial charge in [0.05, 0.1) is 0 Å². The summed E-state index contributed by atoms with van der Waals surface area (Å²) in [6, 6.07) is 24.8. The standard InChI is InChI=1S/C29H28.C2H6/c1-19-15-17-22-9-4-6-11-26(22)28(19)24-13-8-14-25(21(24)3)29-20(2)16-18-23-10-5-7-12-27(23)29;1-2/h4-14H,15-18H2,1-3H3;1-2H3. The van der Waals surface area contributed by atoms with Crippen LogP contribution >= 0.6 is 0 Å². The van der Waals surface area contributed by atoms with Crippen molar-refractivity contribution in [1.29, 1.82) is 0 Å². The van der Waals surface area contributed by atoms with Gasteiger partial charge in [-0.25, -0.2) is 0 Å². The lowest BCUT2D eigenvalue weighted by atomic mass is 9.77. The Morgan fingerprint density at radius 3 is 1.29 bits per heavy atom. The van der Waals surface area contributed by atoms with E-state index in [9.17, 15) is 0 Å². The monoisotopic (exact) mass is 406 g/mol. The zero-order valence-electron chi connectivity index (χ0n) is 19.7. The Morgan fingerprint density at radius 2 is 0.839 bits per heavy atom. The molecule has 0 amide bonds. The second-order valence-corrected chi connectivity index (χ2v) is 8.60. The van der Waals surface area contributed by atoms with Crippen LogP contribution in [0.15, 0.2) is 77.9 Å². The van der Waals surface area contributed by atoms with Gasteiger partial charge in [-0.1, -0.05) is 91.7 Å². The van der Waals surface area contributed by atoms with Gasteiger partial charge in [0.25, 0.3) is 0 Å². The van der Waals surface area contributed by atoms with E-state index in [2.05, 4.69) is 87.5 Å². The van der Waals surface area contributed by atoms with Crippen molar-refractivity contribution < 1.29 is 0 Å². The molecule has 0 bridgehead atoms. The molecule has 0 spiro atoms. The lowest BCUT2D eigenvalue weighted by molar-refractivity contribution is 0.915. The van der Waals surface area contributed by atoms with Gasteiger partial charge >= 0.3 is 0 Å². The first-order chi connectivity index (χ1) is 15.1. The number of hydrogen-bond acceptors (Lipinski definition) is 0. The van der Waals surface area contributed by atoms with E-state index in [4.69, 9.17) is 0 Å². The van der Waals surface area contributed by atoms with E-state index in [-0.39, 0.29) is 0 Å². The quantitative estimate of drug-likeness (QED) is 0.400. The van der Waals surface area contributed by atoms with Gasteiger partial charge in [0.1, 0.15) is 0 Å². The van der Waals surface area contributed by atoms with Crippen LogP contribution in [-0.4, -0.2) is 0 Å².